The van der Waals surface area contributed by atoms with Gasteiger partial charge >= 0.3 is 0 Å². The standard InChI is InChI=1S/C94H58N6O2/c1-4-18-57(19-5-1)58-34-39-63(40-35-58)91-96-90(62-23-8-3-9-24-62)98-94(100-91)82-53-52-78(88-86(82)79-28-14-15-32-83(79)101-88)70-48-51-76-67(56-70)45-44-66-54-68(46-49-75(66)76)73-27-13-12-26-72(73)60-36-41-64(42-37-60)92-95-89(61-21-6-2-7-22-61)97-93(99-92)81-31-17-33-84-85(81)80-30-16-29-77(87(80)102-84)69-47-50-74-65(55-69)43-38-59-20-10-11-25-71(59)74/h1-56,89H,(H,95,97,99). The minimum absolute atomic E-state index is 0.388. The van der Waals surface area contributed by atoms with Crippen LogP contribution in [0, 0.1) is 0 Å². The summed E-state index contributed by atoms with van der Waals surface area (Å²) >= 11 is 0. The molecule has 1 unspecified atom stereocenters. The summed E-state index contributed by atoms with van der Waals surface area (Å²) in [5, 5.41) is 17.3. The number of benzene rings is 16. The summed E-state index contributed by atoms with van der Waals surface area (Å²) in [5.74, 6) is 3.14. The van der Waals surface area contributed by atoms with Gasteiger partial charge in [0.05, 0.1) is 0 Å². The average molecular weight is 1300 g/mol. The lowest BCUT2D eigenvalue weighted by Crippen LogP contribution is -2.33. The first-order valence-electron chi connectivity index (χ1n) is 34.5. The van der Waals surface area contributed by atoms with Gasteiger partial charge in [0.15, 0.2) is 23.3 Å². The van der Waals surface area contributed by atoms with Gasteiger partial charge in [-0.3, -0.25) is 0 Å². The summed E-state index contributed by atoms with van der Waals surface area (Å²) in [7, 11) is 0. The minimum atomic E-state index is -0.388. The topological polar surface area (TPSA) is 102 Å². The smallest absolute Gasteiger partial charge is 0.164 e. The lowest BCUT2D eigenvalue weighted by molar-refractivity contribution is 0.668. The lowest BCUT2D eigenvalue weighted by Gasteiger charge is -2.24. The molecular weight excluding hydrogens is 1250 g/mol. The third kappa shape index (κ3) is 10.1. The van der Waals surface area contributed by atoms with E-state index in [1.54, 1.807) is 0 Å². The molecule has 0 saturated heterocycles. The van der Waals surface area contributed by atoms with Crippen molar-refractivity contribution >= 4 is 98.6 Å². The molecule has 1 atom stereocenters. The number of hydrogen-bond donors (Lipinski definition) is 1. The molecule has 1 aliphatic rings. The molecule has 0 amide bonds. The van der Waals surface area contributed by atoms with Crippen molar-refractivity contribution in [3.63, 3.8) is 0 Å². The van der Waals surface area contributed by atoms with E-state index in [0.29, 0.717) is 23.3 Å². The molecule has 0 spiro atoms. The van der Waals surface area contributed by atoms with Crippen molar-refractivity contribution in [2.45, 2.75) is 6.17 Å². The molecule has 0 saturated carbocycles. The molecule has 3 aromatic heterocycles. The lowest BCUT2D eigenvalue weighted by atomic mass is 9.91. The third-order valence-corrected chi connectivity index (χ3v) is 20.2. The highest BCUT2D eigenvalue weighted by Crippen LogP contribution is 2.45. The molecule has 20 rings (SSSR count). The monoisotopic (exact) mass is 1300 g/mol. The Hall–Kier alpha value is -13.7. The number of nitrogens with one attached hydrogen (secondary N) is 1. The maximum Gasteiger partial charge on any atom is 0.164 e. The number of rotatable bonds is 11. The Kier molecular flexibility index (Phi) is 13.8. The van der Waals surface area contributed by atoms with Crippen molar-refractivity contribution < 1.29 is 8.83 Å². The summed E-state index contributed by atoms with van der Waals surface area (Å²) in [5.41, 5.74) is 19.7. The van der Waals surface area contributed by atoms with Crippen LogP contribution in [0.2, 0.25) is 0 Å². The van der Waals surface area contributed by atoms with Crippen LogP contribution in [-0.2, 0) is 0 Å². The zero-order valence-corrected chi connectivity index (χ0v) is 55.0. The van der Waals surface area contributed by atoms with Crippen LogP contribution in [0.4, 0.5) is 0 Å². The molecule has 4 heterocycles. The van der Waals surface area contributed by atoms with Crippen LogP contribution >= 0.6 is 0 Å². The van der Waals surface area contributed by atoms with Crippen LogP contribution in [0.3, 0.4) is 0 Å². The number of para-hydroxylation sites is 2. The van der Waals surface area contributed by atoms with Crippen LogP contribution < -0.4 is 5.32 Å². The second kappa shape index (κ2) is 24.1. The Morgan fingerprint density at radius 3 is 1.39 bits per heavy atom. The summed E-state index contributed by atoms with van der Waals surface area (Å²) < 4.78 is 13.8. The van der Waals surface area contributed by atoms with Crippen molar-refractivity contribution in [2.75, 3.05) is 0 Å². The van der Waals surface area contributed by atoms with Crippen molar-refractivity contribution in [1.29, 1.82) is 0 Å². The first kappa shape index (κ1) is 58.5. The van der Waals surface area contributed by atoms with Gasteiger partial charge in [0, 0.05) is 60.5 Å². The van der Waals surface area contributed by atoms with Gasteiger partial charge < -0.3 is 14.2 Å². The highest BCUT2D eigenvalue weighted by atomic mass is 16.3. The third-order valence-electron chi connectivity index (χ3n) is 20.2. The van der Waals surface area contributed by atoms with Crippen LogP contribution in [0.15, 0.2) is 359 Å². The number of hydrogen-bond acceptors (Lipinski definition) is 8. The Morgan fingerprint density at radius 2 is 0.696 bits per heavy atom. The minimum Gasteiger partial charge on any atom is -0.455 e. The van der Waals surface area contributed by atoms with E-state index in [4.69, 9.17) is 33.8 Å². The second-order valence-electron chi connectivity index (χ2n) is 26.2. The molecule has 0 fully saturated rings. The summed E-state index contributed by atoms with van der Waals surface area (Å²) in [4.78, 5) is 26.2. The maximum absolute atomic E-state index is 6.90. The van der Waals surface area contributed by atoms with Gasteiger partial charge in [-0.05, 0) is 136 Å². The number of amidine groups is 2. The molecule has 16 aromatic carbocycles. The van der Waals surface area contributed by atoms with E-state index in [2.05, 4.69) is 290 Å². The SMILES string of the molecule is c1ccc(-c2ccc(-c3nc(-c4ccccc4)nc(-c4ccc(-c5ccc6c(ccc7cc(-c8ccccc8-c8ccc(C9=NC(c%10ccccc%10)NC(c%10cccc%11oc%12c(-c%13ccc%14c(ccc%15ccccc%15%14)c%13)cccc%12c%10%11)=N9)cc8)ccc76)c5)c5oc6ccccc6c45)n3)cc2)cc1. The molecule has 8 nitrogen and oxygen atoms in total. The van der Waals surface area contributed by atoms with E-state index in [1.807, 2.05) is 54.6 Å². The summed E-state index contributed by atoms with van der Waals surface area (Å²) in [6.07, 6.45) is -0.388. The molecule has 19 aromatic rings. The zero-order valence-electron chi connectivity index (χ0n) is 55.0. The molecule has 8 heteroatoms. The second-order valence-corrected chi connectivity index (χ2v) is 26.2. The first-order chi connectivity index (χ1) is 50.5. The molecule has 0 aliphatic carbocycles. The van der Waals surface area contributed by atoms with E-state index in [-0.39, 0.29) is 6.17 Å². The number of fused-ring (bicyclic) bond motifs is 12. The van der Waals surface area contributed by atoms with Gasteiger partial charge in [0.2, 0.25) is 0 Å². The van der Waals surface area contributed by atoms with Gasteiger partial charge in [-0.15, -0.1) is 0 Å². The molecule has 476 valence electrons. The van der Waals surface area contributed by atoms with Gasteiger partial charge in [-0.25, -0.2) is 24.9 Å². The summed E-state index contributed by atoms with van der Waals surface area (Å²) in [6.45, 7) is 0. The van der Waals surface area contributed by atoms with Gasteiger partial charge in [-0.2, -0.15) is 0 Å². The fourth-order valence-electron chi connectivity index (χ4n) is 15.2. The van der Waals surface area contributed by atoms with Gasteiger partial charge in [-0.1, -0.05) is 297 Å². The normalized spacial score (nSPS) is 13.2. The molecule has 0 radical (unpaired) electrons. The quantitative estimate of drug-likeness (QED) is 0.129. The van der Waals surface area contributed by atoms with Crippen LogP contribution in [0.1, 0.15) is 22.9 Å². The largest absolute Gasteiger partial charge is 0.455 e. The van der Waals surface area contributed by atoms with Crippen LogP contribution in [-0.4, -0.2) is 26.6 Å². The van der Waals surface area contributed by atoms with Crippen molar-refractivity contribution in [1.82, 2.24) is 20.3 Å². The molecule has 0 bridgehead atoms. The van der Waals surface area contributed by atoms with Crippen LogP contribution in [0.25, 0.3) is 177 Å². The molecule has 1 N–H and O–H groups in total. The Morgan fingerprint density at radius 1 is 0.255 bits per heavy atom. The Balaban J connectivity index is 0.616. The Labute approximate surface area is 586 Å². The fourth-order valence-corrected chi connectivity index (χ4v) is 15.2. The average Bonchev–Trinajstić information content (AvgIpc) is 1.53. The number of aliphatic imine (C=N–C) groups is 2. The van der Waals surface area contributed by atoms with E-state index in [0.717, 1.165) is 150 Å². The maximum atomic E-state index is 6.90. The van der Waals surface area contributed by atoms with E-state index in [1.165, 1.54) is 32.3 Å². The van der Waals surface area contributed by atoms with E-state index < -0.39 is 0 Å². The van der Waals surface area contributed by atoms with Crippen molar-refractivity contribution in [2.24, 2.45) is 9.98 Å². The van der Waals surface area contributed by atoms with Gasteiger partial charge in [0.1, 0.15) is 34.3 Å². The van der Waals surface area contributed by atoms with E-state index >= 15 is 0 Å². The number of aromatic nitrogens is 3. The van der Waals surface area contributed by atoms with Crippen molar-refractivity contribution in [3.8, 4) is 89.8 Å². The first-order valence-corrected chi connectivity index (χ1v) is 34.5. The zero-order chi connectivity index (χ0) is 67.2. The van der Waals surface area contributed by atoms with Crippen LogP contribution in [0.5, 0.6) is 0 Å². The highest BCUT2D eigenvalue weighted by molar-refractivity contribution is 6.23. The molecule has 102 heavy (non-hydrogen) atoms. The number of furan rings is 2. The number of nitrogens with zero attached hydrogens (tertiary/aromatic N) is 5. The predicted molar refractivity (Wildman–Crippen MR) is 420 cm³/mol. The molecular formula is C94H58N6O2. The summed E-state index contributed by atoms with van der Waals surface area (Å²) in [6, 6.07) is 120. The van der Waals surface area contributed by atoms with Crippen molar-refractivity contribution in [3.05, 3.63) is 356 Å². The Bertz CT molecular complexity index is 6640. The van der Waals surface area contributed by atoms with E-state index in [9.17, 15) is 0 Å². The predicted octanol–water partition coefficient (Wildman–Crippen LogP) is 24.1. The molecule has 1 aliphatic heterocycles. The van der Waals surface area contributed by atoms with Gasteiger partial charge in [0.25, 0.3) is 0 Å². The fraction of sp³-hybridized carbons (Fsp3) is 0.0106. The highest BCUT2D eigenvalue weighted by Gasteiger charge is 2.26.